The summed E-state index contributed by atoms with van der Waals surface area (Å²) in [4.78, 5) is 22.3. The van der Waals surface area contributed by atoms with Crippen LogP contribution in [-0.2, 0) is 19.6 Å². The molecule has 0 aliphatic carbocycles. The van der Waals surface area contributed by atoms with Gasteiger partial charge >= 0.3 is 5.97 Å². The van der Waals surface area contributed by atoms with Crippen LogP contribution in [0.1, 0.15) is 20.8 Å². The van der Waals surface area contributed by atoms with Crippen LogP contribution in [0.15, 0.2) is 29.2 Å². The van der Waals surface area contributed by atoms with Gasteiger partial charge in [-0.25, -0.2) is 12.8 Å². The number of benzene rings is 1. The molecule has 0 radical (unpaired) electrons. The molecule has 1 aromatic carbocycles. The van der Waals surface area contributed by atoms with E-state index >= 15 is 0 Å². The first-order valence-corrected chi connectivity index (χ1v) is 8.34. The Hall–Kier alpha value is -2.00. The number of nitrogens with one attached hydrogen (secondary N) is 2. The van der Waals surface area contributed by atoms with Gasteiger partial charge in [0, 0.05) is 0 Å². The topological polar surface area (TPSA) is 113 Å². The van der Waals surface area contributed by atoms with Gasteiger partial charge in [-0.3, -0.25) is 9.59 Å². The highest BCUT2D eigenvalue weighted by Gasteiger charge is 2.31. The van der Waals surface area contributed by atoms with Crippen LogP contribution in [0.5, 0.6) is 0 Å². The van der Waals surface area contributed by atoms with E-state index in [1.54, 1.807) is 13.8 Å². The molecule has 128 valence electrons. The number of halogens is 1. The average molecular weight is 346 g/mol. The lowest BCUT2D eigenvalue weighted by molar-refractivity contribution is -0.141. The molecule has 0 aliphatic heterocycles. The fourth-order valence-electron chi connectivity index (χ4n) is 1.75. The van der Waals surface area contributed by atoms with Crippen molar-refractivity contribution in [2.45, 2.75) is 37.8 Å². The molecule has 0 saturated heterocycles. The lowest BCUT2D eigenvalue weighted by atomic mass is 10.0. The number of amides is 1. The standard InChI is InChI=1S/C14H19FN2O5S/c1-8(2)12(13(18)16-9(3)14(19)20)17-23(21,22)11-7-5-4-6-10(11)15/h4-9,12,17H,1-3H3,(H,16,18)(H,19,20)/t9-,12?/m0/s1. The Morgan fingerprint density at radius 2 is 1.74 bits per heavy atom. The van der Waals surface area contributed by atoms with Crippen LogP contribution in [0.3, 0.4) is 0 Å². The second kappa shape index (κ2) is 7.51. The number of carboxylic acid groups (broad SMARTS) is 1. The number of carbonyl (C=O) groups excluding carboxylic acids is 1. The van der Waals surface area contributed by atoms with Crippen molar-refractivity contribution in [1.82, 2.24) is 10.0 Å². The maximum absolute atomic E-state index is 13.7. The molecule has 0 saturated carbocycles. The molecule has 7 nitrogen and oxygen atoms in total. The molecule has 0 bridgehead atoms. The van der Waals surface area contributed by atoms with Crippen molar-refractivity contribution in [3.63, 3.8) is 0 Å². The second-order valence-corrected chi connectivity index (χ2v) is 7.02. The van der Waals surface area contributed by atoms with Crippen molar-refractivity contribution in [3.8, 4) is 0 Å². The summed E-state index contributed by atoms with van der Waals surface area (Å²) in [7, 11) is -4.27. The average Bonchev–Trinajstić information content (AvgIpc) is 2.44. The first kappa shape index (κ1) is 19.0. The van der Waals surface area contributed by atoms with Crippen molar-refractivity contribution in [2.24, 2.45) is 5.92 Å². The highest BCUT2D eigenvalue weighted by molar-refractivity contribution is 7.89. The second-order valence-electron chi connectivity index (χ2n) is 5.34. The van der Waals surface area contributed by atoms with Crippen molar-refractivity contribution in [3.05, 3.63) is 30.1 Å². The third kappa shape index (κ3) is 5.00. The third-order valence-corrected chi connectivity index (χ3v) is 4.56. The molecule has 9 heteroatoms. The Bertz CT molecular complexity index is 690. The maximum atomic E-state index is 13.7. The minimum atomic E-state index is -4.27. The van der Waals surface area contributed by atoms with Gasteiger partial charge in [0.15, 0.2) is 0 Å². The smallest absolute Gasteiger partial charge is 0.325 e. The quantitative estimate of drug-likeness (QED) is 0.673. The molecule has 0 aliphatic rings. The van der Waals surface area contributed by atoms with E-state index in [9.17, 15) is 22.4 Å². The maximum Gasteiger partial charge on any atom is 0.325 e. The normalized spacial score (nSPS) is 14.3. The number of aliphatic carboxylic acids is 1. The summed E-state index contributed by atoms with van der Waals surface area (Å²) in [6.07, 6.45) is 0. The number of carboxylic acids is 1. The summed E-state index contributed by atoms with van der Waals surface area (Å²) in [5.41, 5.74) is 0. The van der Waals surface area contributed by atoms with Crippen LogP contribution in [0.4, 0.5) is 4.39 Å². The number of sulfonamides is 1. The van der Waals surface area contributed by atoms with Gasteiger partial charge in [-0.2, -0.15) is 4.72 Å². The van der Waals surface area contributed by atoms with Crippen molar-refractivity contribution in [2.75, 3.05) is 0 Å². The minimum Gasteiger partial charge on any atom is -0.480 e. The van der Waals surface area contributed by atoms with Crippen LogP contribution in [0, 0.1) is 11.7 Å². The molecule has 0 heterocycles. The van der Waals surface area contributed by atoms with Crippen molar-refractivity contribution in [1.29, 1.82) is 0 Å². The predicted octanol–water partition coefficient (Wildman–Crippen LogP) is 0.718. The molecule has 1 amide bonds. The van der Waals surface area contributed by atoms with Crippen LogP contribution >= 0.6 is 0 Å². The first-order chi connectivity index (χ1) is 10.6. The fourth-order valence-corrected chi connectivity index (χ4v) is 3.17. The summed E-state index contributed by atoms with van der Waals surface area (Å²) in [6, 6.07) is 2.35. The van der Waals surface area contributed by atoms with Gasteiger partial charge in [0.1, 0.15) is 22.8 Å². The number of rotatable bonds is 7. The van der Waals surface area contributed by atoms with Gasteiger partial charge in [-0.15, -0.1) is 0 Å². The molecule has 1 rings (SSSR count). The van der Waals surface area contributed by atoms with E-state index in [-0.39, 0.29) is 0 Å². The lowest BCUT2D eigenvalue weighted by Gasteiger charge is -2.22. The molecule has 3 N–H and O–H groups in total. The Morgan fingerprint density at radius 1 is 1.17 bits per heavy atom. The molecule has 2 atom stereocenters. The molecular formula is C14H19FN2O5S. The number of carbonyl (C=O) groups is 2. The summed E-state index contributed by atoms with van der Waals surface area (Å²) in [5, 5.41) is 11.0. The zero-order chi connectivity index (χ0) is 17.8. The summed E-state index contributed by atoms with van der Waals surface area (Å²) in [5.74, 6) is -3.47. The lowest BCUT2D eigenvalue weighted by Crippen LogP contribution is -2.52. The van der Waals surface area contributed by atoms with E-state index in [4.69, 9.17) is 5.11 Å². The molecule has 0 fully saturated rings. The van der Waals surface area contributed by atoms with Crippen LogP contribution in [0.2, 0.25) is 0 Å². The predicted molar refractivity (Wildman–Crippen MR) is 80.6 cm³/mol. The highest BCUT2D eigenvalue weighted by atomic mass is 32.2. The summed E-state index contributed by atoms with van der Waals surface area (Å²) in [6.45, 7) is 4.42. The largest absolute Gasteiger partial charge is 0.480 e. The van der Waals surface area contributed by atoms with E-state index in [0.717, 1.165) is 12.1 Å². The van der Waals surface area contributed by atoms with E-state index < -0.39 is 50.6 Å². The molecule has 0 aromatic heterocycles. The van der Waals surface area contributed by atoms with Crippen molar-refractivity contribution < 1.29 is 27.5 Å². The zero-order valence-corrected chi connectivity index (χ0v) is 13.7. The van der Waals surface area contributed by atoms with Gasteiger partial charge in [0.25, 0.3) is 0 Å². The van der Waals surface area contributed by atoms with Crippen molar-refractivity contribution >= 4 is 21.9 Å². The Labute approximate surface area is 133 Å². The van der Waals surface area contributed by atoms with Crippen LogP contribution in [-0.4, -0.2) is 37.5 Å². The van der Waals surface area contributed by atoms with E-state index in [1.807, 2.05) is 0 Å². The molecule has 1 unspecified atom stereocenters. The molecule has 23 heavy (non-hydrogen) atoms. The Morgan fingerprint density at radius 3 is 2.22 bits per heavy atom. The SMILES string of the molecule is CC(C)C(NS(=O)(=O)c1ccccc1F)C(=O)N[C@@H](C)C(=O)O. The number of hydrogen-bond acceptors (Lipinski definition) is 4. The molecular weight excluding hydrogens is 327 g/mol. The van der Waals surface area contributed by atoms with Gasteiger partial charge < -0.3 is 10.4 Å². The summed E-state index contributed by atoms with van der Waals surface area (Å²) >= 11 is 0. The first-order valence-electron chi connectivity index (χ1n) is 6.86. The van der Waals surface area contributed by atoms with E-state index in [1.165, 1.54) is 19.1 Å². The van der Waals surface area contributed by atoms with E-state index in [2.05, 4.69) is 10.0 Å². The minimum absolute atomic E-state index is 0.474. The van der Waals surface area contributed by atoms with Crippen LogP contribution < -0.4 is 10.0 Å². The van der Waals surface area contributed by atoms with Gasteiger partial charge in [0.2, 0.25) is 15.9 Å². The van der Waals surface area contributed by atoms with E-state index in [0.29, 0.717) is 0 Å². The van der Waals surface area contributed by atoms with Crippen LogP contribution in [0.25, 0.3) is 0 Å². The third-order valence-electron chi connectivity index (χ3n) is 3.09. The van der Waals surface area contributed by atoms with Gasteiger partial charge in [-0.05, 0) is 25.0 Å². The molecule has 1 aromatic rings. The Balaban J connectivity index is 3.02. The fraction of sp³-hybridized carbons (Fsp3) is 0.429. The number of hydrogen-bond donors (Lipinski definition) is 3. The zero-order valence-electron chi connectivity index (χ0n) is 12.9. The van der Waals surface area contributed by atoms with Gasteiger partial charge in [-0.1, -0.05) is 26.0 Å². The van der Waals surface area contributed by atoms with Gasteiger partial charge in [0.05, 0.1) is 0 Å². The molecule has 0 spiro atoms. The summed E-state index contributed by atoms with van der Waals surface area (Å²) < 4.78 is 40.3. The Kier molecular flexibility index (Phi) is 6.22. The highest BCUT2D eigenvalue weighted by Crippen LogP contribution is 2.15. The monoisotopic (exact) mass is 346 g/mol.